The highest BCUT2D eigenvalue weighted by Crippen LogP contribution is 2.54. The lowest BCUT2D eigenvalue weighted by Gasteiger charge is -2.46. The fraction of sp³-hybridized carbons (Fsp3) is 0.455. The van der Waals surface area contributed by atoms with Crippen LogP contribution >= 0.6 is 0 Å². The van der Waals surface area contributed by atoms with Crippen LogP contribution in [0.3, 0.4) is 0 Å². The number of hydrogen-bond donors (Lipinski definition) is 2. The molecule has 1 aliphatic carbocycles. The average molecular weight is 412 g/mol. The summed E-state index contributed by atoms with van der Waals surface area (Å²) in [6, 6.07) is 10.7. The van der Waals surface area contributed by atoms with E-state index in [-0.39, 0.29) is 5.56 Å². The number of nitriles is 3. The lowest BCUT2D eigenvalue weighted by molar-refractivity contribution is -0.899. The first kappa shape index (κ1) is 21.6. The molecule has 1 heterocycles. The van der Waals surface area contributed by atoms with Crippen LogP contribution in [0.4, 0.5) is 13.2 Å². The van der Waals surface area contributed by atoms with Gasteiger partial charge in [-0.2, -0.15) is 29.0 Å². The number of hydrogen-bond acceptors (Lipinski definition) is 4. The summed E-state index contributed by atoms with van der Waals surface area (Å²) in [5.41, 5.74) is -3.08. The second kappa shape index (κ2) is 7.94. The van der Waals surface area contributed by atoms with Gasteiger partial charge in [-0.15, -0.1) is 0 Å². The van der Waals surface area contributed by atoms with Crippen molar-refractivity contribution in [2.45, 2.75) is 25.4 Å². The van der Waals surface area contributed by atoms with E-state index in [0.29, 0.717) is 18.7 Å². The van der Waals surface area contributed by atoms with Gasteiger partial charge in [0, 0.05) is 11.8 Å². The molecule has 1 fully saturated rings. The summed E-state index contributed by atoms with van der Waals surface area (Å²) in [6.45, 7) is 3.80. The predicted molar refractivity (Wildman–Crippen MR) is 102 cm³/mol. The summed E-state index contributed by atoms with van der Waals surface area (Å²) in [6.07, 6.45) is -1.98. The Kier molecular flexibility index (Phi) is 5.70. The van der Waals surface area contributed by atoms with Crippen LogP contribution in [-0.4, -0.2) is 25.3 Å². The van der Waals surface area contributed by atoms with E-state index in [0.717, 1.165) is 23.9 Å². The Morgan fingerprint density at radius 2 is 1.87 bits per heavy atom. The van der Waals surface area contributed by atoms with Gasteiger partial charge < -0.3 is 10.3 Å². The largest absolute Gasteiger partial charge is 0.416 e. The smallest absolute Gasteiger partial charge is 0.331 e. The zero-order chi connectivity index (χ0) is 22.1. The molecule has 8 heteroatoms. The normalized spacial score (nSPS) is 27.8. The Labute approximate surface area is 173 Å². The van der Waals surface area contributed by atoms with E-state index in [2.05, 4.69) is 0 Å². The van der Waals surface area contributed by atoms with Gasteiger partial charge in [0.2, 0.25) is 0 Å². The van der Waals surface area contributed by atoms with E-state index in [1.807, 2.05) is 31.2 Å². The van der Waals surface area contributed by atoms with Crippen LogP contribution in [0.2, 0.25) is 0 Å². The minimum atomic E-state index is -4.67. The third-order valence-electron chi connectivity index (χ3n) is 6.17. The molecule has 1 aliphatic heterocycles. The topological polar surface area (TPSA) is 99.7 Å². The number of benzene rings is 1. The quantitative estimate of drug-likeness (QED) is 0.747. The van der Waals surface area contributed by atoms with Crippen molar-refractivity contribution < 1.29 is 18.1 Å². The molecule has 2 N–H and O–H groups in total. The van der Waals surface area contributed by atoms with E-state index >= 15 is 0 Å². The molecule has 1 saturated carbocycles. The average Bonchev–Trinajstić information content (AvgIpc) is 2.73. The molecule has 0 bridgehead atoms. The van der Waals surface area contributed by atoms with Gasteiger partial charge in [-0.1, -0.05) is 25.1 Å². The van der Waals surface area contributed by atoms with E-state index in [9.17, 15) is 29.0 Å². The van der Waals surface area contributed by atoms with Gasteiger partial charge in [-0.05, 0) is 29.7 Å². The number of halogens is 3. The highest BCUT2D eigenvalue weighted by Gasteiger charge is 2.59. The maximum atomic E-state index is 13.8. The molecule has 154 valence electrons. The summed E-state index contributed by atoms with van der Waals surface area (Å²) in [4.78, 5) is 1.12. The summed E-state index contributed by atoms with van der Waals surface area (Å²) in [5.74, 6) is -2.87. The van der Waals surface area contributed by atoms with Crippen molar-refractivity contribution in [2.75, 3.05) is 19.6 Å². The lowest BCUT2D eigenvalue weighted by atomic mass is 9.54. The van der Waals surface area contributed by atoms with Gasteiger partial charge in [-0.3, -0.25) is 0 Å². The van der Waals surface area contributed by atoms with Crippen molar-refractivity contribution in [1.29, 1.82) is 21.2 Å². The molecular weight excluding hydrogens is 391 g/mol. The minimum Gasteiger partial charge on any atom is -0.331 e. The summed E-state index contributed by atoms with van der Waals surface area (Å²) >= 11 is 0. The molecule has 0 saturated heterocycles. The van der Waals surface area contributed by atoms with Crippen molar-refractivity contribution in [1.82, 2.24) is 0 Å². The van der Waals surface area contributed by atoms with E-state index in [1.54, 1.807) is 0 Å². The monoisotopic (exact) mass is 412 g/mol. The molecule has 30 heavy (non-hydrogen) atoms. The van der Waals surface area contributed by atoms with Crippen molar-refractivity contribution in [2.24, 2.45) is 17.3 Å². The summed E-state index contributed by atoms with van der Waals surface area (Å²) in [5, 5.41) is 38.2. The first-order valence-electron chi connectivity index (χ1n) is 9.75. The number of fused-ring (bicyclic) bond motifs is 1. The Balaban J connectivity index is 2.30. The number of nitrogens with one attached hydrogen (secondary N) is 2. The van der Waals surface area contributed by atoms with Crippen LogP contribution in [0.5, 0.6) is 0 Å². The zero-order valence-corrected chi connectivity index (χ0v) is 16.4. The number of quaternary nitrogens is 1. The van der Waals surface area contributed by atoms with Gasteiger partial charge in [0.05, 0.1) is 49.1 Å². The van der Waals surface area contributed by atoms with Gasteiger partial charge in [0.25, 0.3) is 0 Å². The Hall–Kier alpha value is -3.15. The molecule has 0 aromatic heterocycles. The highest BCUT2D eigenvalue weighted by atomic mass is 19.4. The van der Waals surface area contributed by atoms with Crippen LogP contribution in [0.1, 0.15) is 30.4 Å². The molecule has 0 radical (unpaired) electrons. The van der Waals surface area contributed by atoms with Gasteiger partial charge in [0.15, 0.2) is 5.41 Å². The molecule has 5 nitrogen and oxygen atoms in total. The van der Waals surface area contributed by atoms with Crippen LogP contribution in [0.15, 0.2) is 35.9 Å². The Morgan fingerprint density at radius 3 is 2.43 bits per heavy atom. The van der Waals surface area contributed by atoms with Gasteiger partial charge >= 0.3 is 6.18 Å². The number of nitrogens with zero attached hydrogens (tertiary/aromatic N) is 3. The second-order valence-corrected chi connectivity index (χ2v) is 7.79. The lowest BCUT2D eigenvalue weighted by Crippen LogP contribution is -3.13. The van der Waals surface area contributed by atoms with Crippen LogP contribution in [0, 0.1) is 56.7 Å². The molecule has 1 aromatic carbocycles. The van der Waals surface area contributed by atoms with Crippen molar-refractivity contribution in [3.05, 3.63) is 47.0 Å². The van der Waals surface area contributed by atoms with Crippen LogP contribution in [0.25, 0.3) is 0 Å². The van der Waals surface area contributed by atoms with Crippen molar-refractivity contribution in [3.63, 3.8) is 0 Å². The first-order valence-corrected chi connectivity index (χ1v) is 9.75. The van der Waals surface area contributed by atoms with E-state index in [1.165, 1.54) is 18.2 Å². The van der Waals surface area contributed by atoms with Crippen LogP contribution < -0.4 is 4.90 Å². The Bertz CT molecular complexity index is 991. The standard InChI is InChI=1S/C22H20F3N5/c1-2-8-30-9-7-14-16(10-26)20(29)21(12-27,13-28)19(17(14)11-30)15-5-3-4-6-18(15)22(23,24)25/h3-7,16-17,19,29H,2,8-9,11H2,1H3/p+1/t16?,17-,19+/m1/s1. The van der Waals surface area contributed by atoms with E-state index < -0.39 is 40.6 Å². The van der Waals surface area contributed by atoms with Crippen molar-refractivity contribution in [3.8, 4) is 18.2 Å². The molecule has 0 amide bonds. The molecule has 3 rings (SSSR count). The predicted octanol–water partition coefficient (Wildman–Crippen LogP) is 2.85. The molecule has 2 unspecified atom stereocenters. The molecule has 2 aliphatic rings. The summed E-state index contributed by atoms with van der Waals surface area (Å²) in [7, 11) is 0. The third kappa shape index (κ3) is 3.26. The Morgan fingerprint density at radius 1 is 1.20 bits per heavy atom. The molecular formula is C22H21F3N5+. The molecule has 4 atom stereocenters. The first-order chi connectivity index (χ1) is 14.2. The number of rotatable bonds is 3. The van der Waals surface area contributed by atoms with Gasteiger partial charge in [0.1, 0.15) is 5.92 Å². The third-order valence-corrected chi connectivity index (χ3v) is 6.17. The second-order valence-electron chi connectivity index (χ2n) is 7.79. The highest BCUT2D eigenvalue weighted by molar-refractivity contribution is 6.00. The maximum Gasteiger partial charge on any atom is 0.416 e. The van der Waals surface area contributed by atoms with Crippen LogP contribution in [-0.2, 0) is 6.18 Å². The number of alkyl halides is 3. The van der Waals surface area contributed by atoms with Crippen molar-refractivity contribution >= 4 is 5.71 Å². The maximum absolute atomic E-state index is 13.8. The molecule has 1 aromatic rings. The minimum absolute atomic E-state index is 0.164. The fourth-order valence-electron chi connectivity index (χ4n) is 4.89. The molecule has 0 spiro atoms. The van der Waals surface area contributed by atoms with E-state index in [4.69, 9.17) is 5.41 Å². The zero-order valence-electron chi connectivity index (χ0n) is 16.4. The van der Waals surface area contributed by atoms with Gasteiger partial charge in [-0.25, -0.2) is 0 Å². The SMILES string of the molecule is CCC[NH+]1CC=C2C(C#N)C(=N)C(C#N)(C#N)[C@@H](c3ccccc3C(F)(F)F)[C@@H]2C1. The fourth-order valence-corrected chi connectivity index (χ4v) is 4.89. The summed E-state index contributed by atoms with van der Waals surface area (Å²) < 4.78 is 41.5.